The van der Waals surface area contributed by atoms with Gasteiger partial charge in [0, 0.05) is 19.1 Å². The molecule has 0 saturated carbocycles. The van der Waals surface area contributed by atoms with Crippen LogP contribution in [-0.2, 0) is 0 Å². The Morgan fingerprint density at radius 1 is 1.15 bits per heavy atom. The molecule has 1 unspecified atom stereocenters. The molecule has 0 aliphatic heterocycles. The van der Waals surface area contributed by atoms with Crippen LogP contribution in [0.4, 0.5) is 0 Å². The lowest BCUT2D eigenvalue weighted by Gasteiger charge is -2.20. The van der Waals surface area contributed by atoms with Crippen molar-refractivity contribution >= 4 is 0 Å². The summed E-state index contributed by atoms with van der Waals surface area (Å²) in [5.41, 5.74) is 0. The summed E-state index contributed by atoms with van der Waals surface area (Å²) in [6.45, 7) is 2.25. The molecule has 13 heavy (non-hydrogen) atoms. The molecule has 0 bridgehead atoms. The van der Waals surface area contributed by atoms with Gasteiger partial charge in [-0.2, -0.15) is 0 Å². The van der Waals surface area contributed by atoms with Crippen molar-refractivity contribution in [2.75, 3.05) is 13.2 Å². The van der Waals surface area contributed by atoms with Crippen LogP contribution in [-0.4, -0.2) is 34.6 Å². The minimum absolute atomic E-state index is 0.0849. The molecule has 0 aromatic carbocycles. The van der Waals surface area contributed by atoms with Crippen molar-refractivity contribution in [1.82, 2.24) is 0 Å². The number of hydrogen-bond acceptors (Lipinski definition) is 3. The van der Waals surface area contributed by atoms with Crippen molar-refractivity contribution in [3.05, 3.63) is 5.92 Å². The molecule has 0 rings (SSSR count). The summed E-state index contributed by atoms with van der Waals surface area (Å²) in [7, 11) is 0. The van der Waals surface area contributed by atoms with Gasteiger partial charge in [-0.25, -0.2) is 0 Å². The molecule has 0 amide bonds. The Bertz CT molecular complexity index is 106. The molecule has 3 N–H and O–H groups in total. The van der Waals surface area contributed by atoms with Gasteiger partial charge in [0.25, 0.3) is 0 Å². The van der Waals surface area contributed by atoms with Gasteiger partial charge >= 0.3 is 0 Å². The molecule has 1 atom stereocenters. The van der Waals surface area contributed by atoms with E-state index < -0.39 is 6.10 Å². The molecule has 0 fully saturated rings. The Balaban J connectivity index is 3.75. The molecule has 3 heteroatoms. The first-order chi connectivity index (χ1) is 6.26. The lowest BCUT2D eigenvalue weighted by atomic mass is 9.91. The fourth-order valence-electron chi connectivity index (χ4n) is 1.39. The van der Waals surface area contributed by atoms with Crippen LogP contribution in [0, 0.1) is 5.92 Å². The summed E-state index contributed by atoms with van der Waals surface area (Å²) in [5, 5.41) is 27.0. The summed E-state index contributed by atoms with van der Waals surface area (Å²) >= 11 is 0. The molecule has 0 aromatic rings. The average molecular weight is 189 g/mol. The lowest BCUT2D eigenvalue weighted by Crippen LogP contribution is -2.19. The van der Waals surface area contributed by atoms with Gasteiger partial charge in [0.2, 0.25) is 0 Å². The predicted molar refractivity (Wildman–Crippen MR) is 52.2 cm³/mol. The fraction of sp³-hybridized carbons (Fsp3) is 0.900. The summed E-state index contributed by atoms with van der Waals surface area (Å²) in [5.74, 6) is 0.971. The normalized spacial score (nSPS) is 13.6. The van der Waals surface area contributed by atoms with Crippen LogP contribution in [0.5, 0.6) is 0 Å². The van der Waals surface area contributed by atoms with Gasteiger partial charge in [-0.1, -0.05) is 13.3 Å². The number of hydrogen-bond donors (Lipinski definition) is 3. The summed E-state index contributed by atoms with van der Waals surface area (Å²) in [6, 6.07) is 0. The highest BCUT2D eigenvalue weighted by molar-refractivity contribution is 4.96. The number of aliphatic hydroxyl groups excluding tert-OH is 3. The van der Waals surface area contributed by atoms with Crippen LogP contribution >= 0.6 is 0 Å². The number of rotatable bonds is 8. The highest BCUT2D eigenvalue weighted by atomic mass is 16.3. The molecular weight excluding hydrogens is 168 g/mol. The van der Waals surface area contributed by atoms with Gasteiger partial charge in [0.15, 0.2) is 0 Å². The fourth-order valence-corrected chi connectivity index (χ4v) is 1.39. The second kappa shape index (κ2) is 8.48. The van der Waals surface area contributed by atoms with Crippen molar-refractivity contribution in [1.29, 1.82) is 0 Å². The van der Waals surface area contributed by atoms with E-state index in [4.69, 9.17) is 10.2 Å². The van der Waals surface area contributed by atoms with Gasteiger partial charge in [-0.3, -0.25) is 0 Å². The minimum atomic E-state index is -0.399. The topological polar surface area (TPSA) is 60.7 Å². The third-order valence-corrected chi connectivity index (χ3v) is 2.12. The molecule has 0 saturated heterocycles. The maximum atomic E-state index is 9.64. The smallest absolute Gasteiger partial charge is 0.0603 e. The molecule has 1 radical (unpaired) electrons. The summed E-state index contributed by atoms with van der Waals surface area (Å²) < 4.78 is 0. The standard InChI is InChI=1S/C10H21O3/c1-2-4-10(13)9(6-8-12)5-3-7-11/h10-13H,2-8H2,1H3. The van der Waals surface area contributed by atoms with Gasteiger partial charge < -0.3 is 15.3 Å². The Kier molecular flexibility index (Phi) is 8.40. The van der Waals surface area contributed by atoms with E-state index in [1.54, 1.807) is 0 Å². The largest absolute Gasteiger partial charge is 0.396 e. The molecule has 0 aliphatic rings. The molecule has 0 aliphatic carbocycles. The third-order valence-electron chi connectivity index (χ3n) is 2.12. The molecule has 3 nitrogen and oxygen atoms in total. The average Bonchev–Trinajstić information content (AvgIpc) is 2.12. The van der Waals surface area contributed by atoms with E-state index >= 15 is 0 Å². The van der Waals surface area contributed by atoms with Crippen LogP contribution in [0.3, 0.4) is 0 Å². The van der Waals surface area contributed by atoms with E-state index in [-0.39, 0.29) is 13.2 Å². The van der Waals surface area contributed by atoms with Gasteiger partial charge in [0.1, 0.15) is 0 Å². The number of aliphatic hydroxyl groups is 3. The predicted octanol–water partition coefficient (Wildman–Crippen LogP) is 0.877. The van der Waals surface area contributed by atoms with Gasteiger partial charge in [0.05, 0.1) is 6.10 Å². The molecular formula is C10H21O3. The first-order valence-electron chi connectivity index (χ1n) is 5.00. The Morgan fingerprint density at radius 2 is 1.85 bits per heavy atom. The van der Waals surface area contributed by atoms with Crippen molar-refractivity contribution in [3.8, 4) is 0 Å². The first-order valence-corrected chi connectivity index (χ1v) is 5.00. The van der Waals surface area contributed by atoms with Crippen LogP contribution in [0.15, 0.2) is 0 Å². The second-order valence-electron chi connectivity index (χ2n) is 3.26. The summed E-state index contributed by atoms with van der Waals surface area (Å²) in [4.78, 5) is 0. The monoisotopic (exact) mass is 189 g/mol. The maximum Gasteiger partial charge on any atom is 0.0603 e. The lowest BCUT2D eigenvalue weighted by molar-refractivity contribution is 0.150. The molecule has 0 heterocycles. The highest BCUT2D eigenvalue weighted by Gasteiger charge is 2.17. The van der Waals surface area contributed by atoms with Crippen LogP contribution < -0.4 is 0 Å². The van der Waals surface area contributed by atoms with Crippen molar-refractivity contribution in [2.24, 2.45) is 0 Å². The van der Waals surface area contributed by atoms with E-state index in [1.807, 2.05) is 6.92 Å². The Hall–Kier alpha value is -0.120. The molecule has 0 aromatic heterocycles. The van der Waals surface area contributed by atoms with Crippen molar-refractivity contribution in [3.63, 3.8) is 0 Å². The van der Waals surface area contributed by atoms with E-state index in [1.165, 1.54) is 0 Å². The van der Waals surface area contributed by atoms with E-state index in [9.17, 15) is 5.11 Å². The first kappa shape index (κ1) is 12.9. The Labute approximate surface area is 80.4 Å². The van der Waals surface area contributed by atoms with Gasteiger partial charge in [-0.05, 0) is 25.7 Å². The van der Waals surface area contributed by atoms with Crippen LogP contribution in [0.2, 0.25) is 0 Å². The Morgan fingerprint density at radius 3 is 2.31 bits per heavy atom. The minimum Gasteiger partial charge on any atom is -0.396 e. The summed E-state index contributed by atoms with van der Waals surface area (Å²) in [6.07, 6.45) is 3.24. The van der Waals surface area contributed by atoms with Crippen LogP contribution in [0.1, 0.15) is 39.0 Å². The molecule has 0 spiro atoms. The van der Waals surface area contributed by atoms with Crippen molar-refractivity contribution in [2.45, 2.75) is 45.1 Å². The van der Waals surface area contributed by atoms with E-state index in [0.717, 1.165) is 25.2 Å². The van der Waals surface area contributed by atoms with Gasteiger partial charge in [-0.15, -0.1) is 0 Å². The highest BCUT2D eigenvalue weighted by Crippen LogP contribution is 2.21. The van der Waals surface area contributed by atoms with E-state index in [0.29, 0.717) is 12.8 Å². The van der Waals surface area contributed by atoms with Crippen LogP contribution in [0.25, 0.3) is 0 Å². The zero-order valence-electron chi connectivity index (χ0n) is 8.37. The third kappa shape index (κ3) is 6.02. The zero-order valence-corrected chi connectivity index (χ0v) is 8.37. The SMILES string of the molecule is CCCC(O)[C](CCO)CCCO. The second-order valence-corrected chi connectivity index (χ2v) is 3.26. The quantitative estimate of drug-likeness (QED) is 0.531. The maximum absolute atomic E-state index is 9.64. The van der Waals surface area contributed by atoms with E-state index in [2.05, 4.69) is 0 Å². The molecule has 79 valence electrons. The van der Waals surface area contributed by atoms with Crippen molar-refractivity contribution < 1.29 is 15.3 Å². The zero-order chi connectivity index (χ0) is 10.1.